The van der Waals surface area contributed by atoms with E-state index < -0.39 is 0 Å². The molecule has 30 heavy (non-hydrogen) atoms. The molecule has 0 fully saturated rings. The van der Waals surface area contributed by atoms with Crippen LogP contribution in [0.1, 0.15) is 18.3 Å². The molecule has 0 radical (unpaired) electrons. The third-order valence-corrected chi connectivity index (χ3v) is 4.79. The number of likely N-dealkylation sites (N-methyl/N-ethyl adjacent to an activating group) is 1. The highest BCUT2D eigenvalue weighted by molar-refractivity contribution is 5.78. The van der Waals surface area contributed by atoms with Crippen LogP contribution < -0.4 is 20.3 Å². The number of hydrogen-bond donors (Lipinski definition) is 2. The second-order valence-electron chi connectivity index (χ2n) is 6.80. The molecule has 8 heteroatoms. The highest BCUT2D eigenvalue weighted by atomic mass is 16.5. The van der Waals surface area contributed by atoms with Crippen LogP contribution in [0.5, 0.6) is 11.5 Å². The molecule has 2 N–H and O–H groups in total. The lowest BCUT2D eigenvalue weighted by molar-refractivity contribution is -0.122. The van der Waals surface area contributed by atoms with Gasteiger partial charge in [-0.1, -0.05) is 25.1 Å². The van der Waals surface area contributed by atoms with Crippen LogP contribution in [0, 0.1) is 0 Å². The van der Waals surface area contributed by atoms with Crippen LogP contribution in [0.2, 0.25) is 0 Å². The highest BCUT2D eigenvalue weighted by Crippen LogP contribution is 2.27. The fourth-order valence-corrected chi connectivity index (χ4v) is 3.15. The topological polar surface area (TPSA) is 96.6 Å². The molecule has 0 spiro atoms. The van der Waals surface area contributed by atoms with E-state index in [1.54, 1.807) is 38.5 Å². The zero-order valence-corrected chi connectivity index (χ0v) is 17.4. The summed E-state index contributed by atoms with van der Waals surface area (Å²) in [4.78, 5) is 33.9. The molecule has 0 aliphatic heterocycles. The Kier molecular flexibility index (Phi) is 7.03. The molecule has 0 unspecified atom stereocenters. The van der Waals surface area contributed by atoms with Crippen molar-refractivity contribution in [1.82, 2.24) is 20.2 Å². The molecule has 3 aromatic rings. The molecule has 0 saturated carbocycles. The normalized spacial score (nSPS) is 10.9. The zero-order valence-electron chi connectivity index (χ0n) is 17.4. The Morgan fingerprint density at radius 2 is 1.90 bits per heavy atom. The Bertz CT molecular complexity index is 1080. The molecule has 8 nitrogen and oxygen atoms in total. The quantitative estimate of drug-likeness (QED) is 0.561. The maximum absolute atomic E-state index is 12.4. The van der Waals surface area contributed by atoms with E-state index in [-0.39, 0.29) is 18.0 Å². The minimum atomic E-state index is -0.176. The minimum absolute atomic E-state index is 0.116. The first-order valence-electron chi connectivity index (χ1n) is 9.72. The number of fused-ring (bicyclic) bond motifs is 1. The largest absolute Gasteiger partial charge is 0.493 e. The van der Waals surface area contributed by atoms with Gasteiger partial charge < -0.3 is 19.8 Å². The number of para-hydroxylation sites is 1. The third-order valence-electron chi connectivity index (χ3n) is 4.79. The van der Waals surface area contributed by atoms with Crippen molar-refractivity contribution in [1.29, 1.82) is 0 Å². The minimum Gasteiger partial charge on any atom is -0.493 e. The smallest absolute Gasteiger partial charge is 0.258 e. The van der Waals surface area contributed by atoms with Gasteiger partial charge in [0.25, 0.3) is 5.56 Å². The molecule has 1 aromatic heterocycles. The summed E-state index contributed by atoms with van der Waals surface area (Å²) in [5.74, 6) is 1.68. The van der Waals surface area contributed by atoms with Crippen molar-refractivity contribution >= 4 is 16.8 Å². The predicted molar refractivity (Wildman–Crippen MR) is 115 cm³/mol. The summed E-state index contributed by atoms with van der Waals surface area (Å²) in [6.45, 7) is 3.55. The number of nitrogens with zero attached hydrogens (tertiary/aromatic N) is 2. The van der Waals surface area contributed by atoms with E-state index in [0.29, 0.717) is 47.9 Å². The predicted octanol–water partition coefficient (Wildman–Crippen LogP) is 2.08. The van der Waals surface area contributed by atoms with Gasteiger partial charge in [-0.25, -0.2) is 4.98 Å². The number of H-pyrrole nitrogens is 1. The van der Waals surface area contributed by atoms with Gasteiger partial charge in [0.1, 0.15) is 5.82 Å². The monoisotopic (exact) mass is 410 g/mol. The first-order valence-corrected chi connectivity index (χ1v) is 9.72. The standard InChI is InChI=1S/C22H26N4O4/c1-4-26(13-20-24-17-8-6-5-7-16(17)22(28)25-20)14-21(27)23-12-15-9-10-18(29-2)19(11-15)30-3/h5-11H,4,12-14H2,1-3H3,(H,23,27)(H,24,25,28). The van der Waals surface area contributed by atoms with E-state index in [1.807, 2.05) is 30.0 Å². The second-order valence-corrected chi connectivity index (χ2v) is 6.80. The summed E-state index contributed by atoms with van der Waals surface area (Å²) in [7, 11) is 3.15. The maximum atomic E-state index is 12.4. The number of benzene rings is 2. The van der Waals surface area contributed by atoms with Gasteiger partial charge in [0.2, 0.25) is 5.91 Å². The van der Waals surface area contributed by atoms with Crippen LogP contribution in [-0.4, -0.2) is 48.1 Å². The van der Waals surface area contributed by atoms with Crippen molar-refractivity contribution in [2.45, 2.75) is 20.0 Å². The number of amides is 1. The first kappa shape index (κ1) is 21.3. The van der Waals surface area contributed by atoms with Gasteiger partial charge in [0.15, 0.2) is 11.5 Å². The third kappa shape index (κ3) is 5.15. The molecular weight excluding hydrogens is 384 g/mol. The molecule has 0 aliphatic rings. The fourth-order valence-electron chi connectivity index (χ4n) is 3.15. The zero-order chi connectivity index (χ0) is 21.5. The number of aromatic amines is 1. The van der Waals surface area contributed by atoms with E-state index in [9.17, 15) is 9.59 Å². The van der Waals surface area contributed by atoms with Crippen LogP contribution in [0.15, 0.2) is 47.3 Å². The SMILES string of the molecule is CCN(CC(=O)NCc1ccc(OC)c(OC)c1)Cc1nc2ccccc2c(=O)[nH]1. The van der Waals surface area contributed by atoms with Crippen LogP contribution in [0.25, 0.3) is 10.9 Å². The molecule has 0 atom stereocenters. The van der Waals surface area contributed by atoms with E-state index in [4.69, 9.17) is 9.47 Å². The number of aromatic nitrogens is 2. The molecule has 0 saturated heterocycles. The first-order chi connectivity index (χ1) is 14.5. The van der Waals surface area contributed by atoms with Gasteiger partial charge in [-0.3, -0.25) is 14.5 Å². The fraction of sp³-hybridized carbons (Fsp3) is 0.318. The molecule has 2 aromatic carbocycles. The van der Waals surface area contributed by atoms with Gasteiger partial charge in [-0.05, 0) is 36.4 Å². The Hall–Kier alpha value is -3.39. The van der Waals surface area contributed by atoms with Crippen molar-refractivity contribution in [3.05, 3.63) is 64.2 Å². The van der Waals surface area contributed by atoms with Crippen molar-refractivity contribution < 1.29 is 14.3 Å². The number of ether oxygens (including phenoxy) is 2. The summed E-state index contributed by atoms with van der Waals surface area (Å²) in [5, 5.41) is 3.46. The van der Waals surface area contributed by atoms with Gasteiger partial charge in [-0.2, -0.15) is 0 Å². The Labute approximate surface area is 174 Å². The Morgan fingerprint density at radius 3 is 2.63 bits per heavy atom. The number of rotatable bonds is 9. The molecule has 0 aliphatic carbocycles. The van der Waals surface area contributed by atoms with Crippen LogP contribution in [-0.2, 0) is 17.9 Å². The number of nitrogens with one attached hydrogen (secondary N) is 2. The average molecular weight is 410 g/mol. The lowest BCUT2D eigenvalue weighted by Gasteiger charge is -2.19. The Morgan fingerprint density at radius 1 is 1.13 bits per heavy atom. The van der Waals surface area contributed by atoms with Crippen molar-refractivity contribution in [2.75, 3.05) is 27.3 Å². The van der Waals surface area contributed by atoms with E-state index in [0.717, 1.165) is 5.56 Å². The van der Waals surface area contributed by atoms with E-state index >= 15 is 0 Å². The summed E-state index contributed by atoms with van der Waals surface area (Å²) in [6, 6.07) is 12.7. The van der Waals surface area contributed by atoms with Crippen molar-refractivity contribution in [2.24, 2.45) is 0 Å². The van der Waals surface area contributed by atoms with E-state index in [1.165, 1.54) is 0 Å². The molecule has 0 bridgehead atoms. The maximum Gasteiger partial charge on any atom is 0.258 e. The lowest BCUT2D eigenvalue weighted by Crippen LogP contribution is -2.37. The van der Waals surface area contributed by atoms with E-state index in [2.05, 4.69) is 15.3 Å². The van der Waals surface area contributed by atoms with Gasteiger partial charge in [-0.15, -0.1) is 0 Å². The van der Waals surface area contributed by atoms with Crippen LogP contribution >= 0.6 is 0 Å². The van der Waals surface area contributed by atoms with Crippen LogP contribution in [0.3, 0.4) is 0 Å². The van der Waals surface area contributed by atoms with Gasteiger partial charge in [0.05, 0.1) is 38.2 Å². The number of methoxy groups -OCH3 is 2. The summed E-state index contributed by atoms with van der Waals surface area (Å²) in [6.07, 6.45) is 0. The summed E-state index contributed by atoms with van der Waals surface area (Å²) >= 11 is 0. The second kappa shape index (κ2) is 9.89. The molecule has 1 heterocycles. The molecule has 3 rings (SSSR count). The van der Waals surface area contributed by atoms with Crippen molar-refractivity contribution in [3.63, 3.8) is 0 Å². The van der Waals surface area contributed by atoms with Crippen molar-refractivity contribution in [3.8, 4) is 11.5 Å². The molecule has 158 valence electrons. The van der Waals surface area contributed by atoms with Crippen LogP contribution in [0.4, 0.5) is 0 Å². The molecule has 1 amide bonds. The number of carbonyl (C=O) groups excluding carboxylic acids is 1. The Balaban J connectivity index is 1.60. The lowest BCUT2D eigenvalue weighted by atomic mass is 10.2. The number of hydrogen-bond acceptors (Lipinski definition) is 6. The van der Waals surface area contributed by atoms with Gasteiger partial charge >= 0.3 is 0 Å². The molecular formula is C22H26N4O4. The summed E-state index contributed by atoms with van der Waals surface area (Å²) in [5.41, 5.74) is 1.37. The summed E-state index contributed by atoms with van der Waals surface area (Å²) < 4.78 is 10.5. The average Bonchev–Trinajstić information content (AvgIpc) is 2.77. The van der Waals surface area contributed by atoms with Gasteiger partial charge in [0, 0.05) is 6.54 Å². The highest BCUT2D eigenvalue weighted by Gasteiger charge is 2.13. The number of carbonyl (C=O) groups is 1.